The molecule has 0 spiro atoms. The fourth-order valence-corrected chi connectivity index (χ4v) is 4.46. The smallest absolute Gasteiger partial charge is 0.00981 e. The van der Waals surface area contributed by atoms with Crippen molar-refractivity contribution in [1.29, 1.82) is 0 Å². The van der Waals surface area contributed by atoms with Gasteiger partial charge in [0.25, 0.3) is 0 Å². The van der Waals surface area contributed by atoms with Crippen LogP contribution in [0.3, 0.4) is 0 Å². The van der Waals surface area contributed by atoms with Crippen LogP contribution in [0.15, 0.2) is 0 Å². The second-order valence-electron chi connectivity index (χ2n) is 7.38. The number of nitrogens with zero attached hydrogens (tertiary/aromatic N) is 1. The van der Waals surface area contributed by atoms with Gasteiger partial charge >= 0.3 is 0 Å². The quantitative estimate of drug-likeness (QED) is 0.615. The maximum Gasteiger partial charge on any atom is 0.00981 e. The van der Waals surface area contributed by atoms with Gasteiger partial charge in [0.05, 0.1) is 0 Å². The number of rotatable bonds is 9. The Morgan fingerprint density at radius 1 is 0.619 bits per heavy atom. The second kappa shape index (κ2) is 10.6. The monoisotopic (exact) mass is 294 g/mol. The van der Waals surface area contributed by atoms with E-state index < -0.39 is 0 Å². The Balaban J connectivity index is 1.74. The molecule has 2 aliphatic rings. The van der Waals surface area contributed by atoms with Gasteiger partial charge in [0.15, 0.2) is 0 Å². The van der Waals surface area contributed by atoms with Crippen LogP contribution in [-0.4, -0.2) is 30.1 Å². The summed E-state index contributed by atoms with van der Waals surface area (Å²) in [6.45, 7) is 2.24. The van der Waals surface area contributed by atoms with Gasteiger partial charge in [-0.2, -0.15) is 0 Å². The van der Waals surface area contributed by atoms with Crippen molar-refractivity contribution in [3.63, 3.8) is 0 Å². The van der Waals surface area contributed by atoms with E-state index in [1.165, 1.54) is 103 Å². The first-order chi connectivity index (χ1) is 10.4. The summed E-state index contributed by atoms with van der Waals surface area (Å²) < 4.78 is 0. The highest BCUT2D eigenvalue weighted by atomic mass is 15.2. The normalized spacial score (nSPS) is 22.0. The molecule has 2 nitrogen and oxygen atoms in total. The first kappa shape index (κ1) is 17.3. The van der Waals surface area contributed by atoms with Crippen LogP contribution in [0.25, 0.3) is 0 Å². The fraction of sp³-hybridized carbons (Fsp3) is 1.00. The zero-order chi connectivity index (χ0) is 14.8. The molecule has 21 heavy (non-hydrogen) atoms. The Bertz CT molecular complexity index is 224. The minimum Gasteiger partial charge on any atom is -0.330 e. The van der Waals surface area contributed by atoms with E-state index in [-0.39, 0.29) is 0 Å². The van der Waals surface area contributed by atoms with Crippen LogP contribution in [0.2, 0.25) is 0 Å². The van der Waals surface area contributed by atoms with Crippen LogP contribution in [-0.2, 0) is 0 Å². The molecule has 124 valence electrons. The lowest BCUT2D eigenvalue weighted by Gasteiger charge is -2.41. The Hall–Kier alpha value is -0.0800. The predicted octanol–water partition coefficient (Wildman–Crippen LogP) is 4.86. The minimum absolute atomic E-state index is 0.871. The highest BCUT2D eigenvalue weighted by molar-refractivity contribution is 4.83. The van der Waals surface area contributed by atoms with E-state index in [2.05, 4.69) is 4.90 Å². The molecule has 0 radical (unpaired) electrons. The summed E-state index contributed by atoms with van der Waals surface area (Å²) in [6, 6.07) is 1.84. The molecule has 0 bridgehead atoms. The van der Waals surface area contributed by atoms with Crippen LogP contribution < -0.4 is 5.73 Å². The zero-order valence-corrected chi connectivity index (χ0v) is 14.2. The molecule has 2 fully saturated rings. The van der Waals surface area contributed by atoms with Crippen molar-refractivity contribution in [2.24, 2.45) is 5.73 Å². The molecular formula is C19H38N2. The topological polar surface area (TPSA) is 29.3 Å². The SMILES string of the molecule is NCCCCCCCN(C1CCCCC1)C1CCCCC1. The standard InChI is InChI=1S/C19H38N2/c20-16-10-2-1-3-11-17-21(18-12-6-4-7-13-18)19-14-8-5-9-15-19/h18-19H,1-17,20H2. The highest BCUT2D eigenvalue weighted by Crippen LogP contribution is 2.30. The van der Waals surface area contributed by atoms with Crippen LogP contribution in [0, 0.1) is 0 Å². The van der Waals surface area contributed by atoms with Crippen LogP contribution in [0.5, 0.6) is 0 Å². The molecular weight excluding hydrogens is 256 g/mol. The first-order valence-corrected chi connectivity index (χ1v) is 9.87. The van der Waals surface area contributed by atoms with Crippen molar-refractivity contribution in [3.05, 3.63) is 0 Å². The molecule has 2 rings (SSSR count). The van der Waals surface area contributed by atoms with Crippen LogP contribution in [0.4, 0.5) is 0 Å². The van der Waals surface area contributed by atoms with Crippen molar-refractivity contribution in [2.75, 3.05) is 13.1 Å². The lowest BCUT2D eigenvalue weighted by atomic mass is 9.88. The van der Waals surface area contributed by atoms with E-state index in [1.807, 2.05) is 0 Å². The molecule has 0 aromatic rings. The number of hydrogen-bond donors (Lipinski definition) is 1. The van der Waals surface area contributed by atoms with E-state index in [0.717, 1.165) is 18.6 Å². The van der Waals surface area contributed by atoms with Crippen LogP contribution in [0.1, 0.15) is 96.3 Å². The van der Waals surface area contributed by atoms with Gasteiger partial charge in [-0.25, -0.2) is 0 Å². The molecule has 0 aliphatic heterocycles. The van der Waals surface area contributed by atoms with Gasteiger partial charge in [0.2, 0.25) is 0 Å². The third kappa shape index (κ3) is 6.28. The van der Waals surface area contributed by atoms with E-state index in [9.17, 15) is 0 Å². The van der Waals surface area contributed by atoms with E-state index in [4.69, 9.17) is 5.73 Å². The molecule has 0 saturated heterocycles. The second-order valence-corrected chi connectivity index (χ2v) is 7.38. The van der Waals surface area contributed by atoms with Gasteiger partial charge < -0.3 is 5.73 Å². The largest absolute Gasteiger partial charge is 0.330 e. The third-order valence-electron chi connectivity index (χ3n) is 5.71. The Kier molecular flexibility index (Phi) is 8.73. The fourth-order valence-electron chi connectivity index (χ4n) is 4.46. The van der Waals surface area contributed by atoms with Crippen molar-refractivity contribution in [3.8, 4) is 0 Å². The molecule has 2 aliphatic carbocycles. The molecule has 0 aromatic carbocycles. The molecule has 0 heterocycles. The maximum atomic E-state index is 5.58. The predicted molar refractivity (Wildman–Crippen MR) is 92.6 cm³/mol. The van der Waals surface area contributed by atoms with E-state index in [0.29, 0.717) is 0 Å². The summed E-state index contributed by atoms with van der Waals surface area (Å²) in [6.07, 6.45) is 21.5. The van der Waals surface area contributed by atoms with Crippen molar-refractivity contribution < 1.29 is 0 Å². The average molecular weight is 295 g/mol. The first-order valence-electron chi connectivity index (χ1n) is 9.87. The lowest BCUT2D eigenvalue weighted by Crippen LogP contribution is -2.45. The summed E-state index contributed by atoms with van der Waals surface area (Å²) in [5, 5.41) is 0. The Labute approximate surface area is 132 Å². The van der Waals surface area contributed by atoms with Gasteiger partial charge in [-0.1, -0.05) is 57.8 Å². The molecule has 2 heteroatoms. The Morgan fingerprint density at radius 3 is 1.62 bits per heavy atom. The summed E-state index contributed by atoms with van der Waals surface area (Å²) in [4.78, 5) is 2.96. The highest BCUT2D eigenvalue weighted by Gasteiger charge is 2.28. The van der Waals surface area contributed by atoms with E-state index >= 15 is 0 Å². The minimum atomic E-state index is 0.871. The van der Waals surface area contributed by atoms with Crippen LogP contribution >= 0.6 is 0 Å². The maximum absolute atomic E-state index is 5.58. The van der Waals surface area contributed by atoms with Crippen molar-refractivity contribution >= 4 is 0 Å². The lowest BCUT2D eigenvalue weighted by molar-refractivity contribution is 0.0788. The molecule has 0 unspecified atom stereocenters. The van der Waals surface area contributed by atoms with Gasteiger partial charge in [-0.3, -0.25) is 4.90 Å². The third-order valence-corrected chi connectivity index (χ3v) is 5.71. The number of hydrogen-bond acceptors (Lipinski definition) is 2. The zero-order valence-electron chi connectivity index (χ0n) is 14.2. The molecule has 0 aromatic heterocycles. The number of unbranched alkanes of at least 4 members (excludes halogenated alkanes) is 4. The molecule has 0 amide bonds. The molecule has 0 atom stereocenters. The van der Waals surface area contributed by atoms with Gasteiger partial charge in [0, 0.05) is 12.1 Å². The summed E-state index contributed by atoms with van der Waals surface area (Å²) in [5.41, 5.74) is 5.58. The number of nitrogens with two attached hydrogens (primary N) is 1. The van der Waals surface area contributed by atoms with Crippen molar-refractivity contribution in [2.45, 2.75) is 108 Å². The molecule has 2 saturated carbocycles. The van der Waals surface area contributed by atoms with Gasteiger partial charge in [-0.15, -0.1) is 0 Å². The Morgan fingerprint density at radius 2 is 1.10 bits per heavy atom. The summed E-state index contributed by atoms with van der Waals surface area (Å²) in [5.74, 6) is 0. The van der Waals surface area contributed by atoms with Gasteiger partial charge in [0.1, 0.15) is 0 Å². The average Bonchev–Trinajstić information content (AvgIpc) is 2.56. The molecule has 2 N–H and O–H groups in total. The van der Waals surface area contributed by atoms with Crippen molar-refractivity contribution in [1.82, 2.24) is 4.90 Å². The summed E-state index contributed by atoms with van der Waals surface area (Å²) in [7, 11) is 0. The van der Waals surface area contributed by atoms with Gasteiger partial charge in [-0.05, 0) is 51.6 Å². The van der Waals surface area contributed by atoms with E-state index in [1.54, 1.807) is 0 Å². The summed E-state index contributed by atoms with van der Waals surface area (Å²) >= 11 is 0.